The van der Waals surface area contributed by atoms with Crippen molar-refractivity contribution in [1.29, 1.82) is 5.26 Å². The molecule has 0 fully saturated rings. The van der Waals surface area contributed by atoms with Crippen LogP contribution in [-0.4, -0.2) is 33.6 Å². The second-order valence-corrected chi connectivity index (χ2v) is 2.23. The second-order valence-electron chi connectivity index (χ2n) is 2.23. The maximum atomic E-state index is 10.9. The quantitative estimate of drug-likeness (QED) is 0.264. The number of nitrogens with one attached hydrogen (secondary N) is 2. The molecule has 0 rings (SSSR count). The molecule has 0 aliphatic carbocycles. The molecule has 0 aromatic rings. The van der Waals surface area contributed by atoms with Crippen LogP contribution in [0.2, 0.25) is 0 Å². The molecule has 0 amide bonds. The molecular formula is C8H13N3O3. The number of rotatable bonds is 5. The van der Waals surface area contributed by atoms with Gasteiger partial charge >= 0.3 is 5.97 Å². The van der Waals surface area contributed by atoms with Gasteiger partial charge in [-0.15, -0.1) is 0 Å². The summed E-state index contributed by atoms with van der Waals surface area (Å²) in [5.74, 6) is -0.689. The van der Waals surface area contributed by atoms with Crippen LogP contribution in [0.25, 0.3) is 0 Å². The minimum Gasteiger partial charge on any atom is -0.465 e. The smallest absolute Gasteiger partial charge is 0.350 e. The van der Waals surface area contributed by atoms with E-state index in [4.69, 9.17) is 10.00 Å². The second kappa shape index (κ2) is 6.88. The summed E-state index contributed by atoms with van der Waals surface area (Å²) in [6.07, 6.45) is 0.777. The summed E-state index contributed by atoms with van der Waals surface area (Å²) in [7, 11) is 4.35. The molecule has 2 N–H and O–H groups in total. The fraction of sp³-hybridized carbons (Fsp3) is 0.500. The molecule has 0 spiro atoms. The third-order valence-corrected chi connectivity index (χ3v) is 1.40. The van der Waals surface area contributed by atoms with Gasteiger partial charge in [0, 0.05) is 13.3 Å². The Morgan fingerprint density at radius 2 is 2.21 bits per heavy atom. The van der Waals surface area contributed by atoms with Gasteiger partial charge in [-0.1, -0.05) is 0 Å². The van der Waals surface area contributed by atoms with Gasteiger partial charge in [-0.3, -0.25) is 5.32 Å². The zero-order chi connectivity index (χ0) is 11.0. The summed E-state index contributed by atoms with van der Waals surface area (Å²) in [4.78, 5) is 10.9. The molecule has 0 aliphatic rings. The molecule has 0 aliphatic heterocycles. The molecule has 14 heavy (non-hydrogen) atoms. The van der Waals surface area contributed by atoms with Crippen LogP contribution in [0.4, 0.5) is 0 Å². The van der Waals surface area contributed by atoms with E-state index in [9.17, 15) is 4.79 Å². The first kappa shape index (κ1) is 12.4. The molecule has 78 valence electrons. The number of carbonyl (C=O) groups is 1. The third kappa shape index (κ3) is 3.89. The van der Waals surface area contributed by atoms with Crippen molar-refractivity contribution in [2.75, 3.05) is 21.3 Å². The van der Waals surface area contributed by atoms with E-state index in [1.54, 1.807) is 13.1 Å². The van der Waals surface area contributed by atoms with Crippen molar-refractivity contribution in [3.63, 3.8) is 0 Å². The van der Waals surface area contributed by atoms with E-state index < -0.39 is 12.3 Å². The highest BCUT2D eigenvalue weighted by molar-refractivity contribution is 5.92. The number of carbonyl (C=O) groups excluding carboxylic acids is 1. The maximum Gasteiger partial charge on any atom is 0.350 e. The van der Waals surface area contributed by atoms with E-state index in [0.717, 1.165) is 0 Å². The van der Waals surface area contributed by atoms with E-state index in [1.807, 2.05) is 0 Å². The lowest BCUT2D eigenvalue weighted by Crippen LogP contribution is -2.39. The zero-order valence-electron chi connectivity index (χ0n) is 8.33. The Kier molecular flexibility index (Phi) is 6.11. The van der Waals surface area contributed by atoms with Gasteiger partial charge in [0.15, 0.2) is 11.9 Å². The fourth-order valence-electron chi connectivity index (χ4n) is 0.675. The first-order chi connectivity index (χ1) is 6.69. The Morgan fingerprint density at radius 3 is 2.57 bits per heavy atom. The van der Waals surface area contributed by atoms with Gasteiger partial charge in [0.25, 0.3) is 0 Å². The minimum absolute atomic E-state index is 0.121. The van der Waals surface area contributed by atoms with E-state index >= 15 is 0 Å². The van der Waals surface area contributed by atoms with Crippen LogP contribution in [0.3, 0.4) is 0 Å². The molecule has 0 bridgehead atoms. The Balaban J connectivity index is 4.33. The van der Waals surface area contributed by atoms with Gasteiger partial charge in [0.1, 0.15) is 6.07 Å². The number of nitriles is 1. The largest absolute Gasteiger partial charge is 0.465 e. The Morgan fingerprint density at radius 1 is 1.57 bits per heavy atom. The van der Waals surface area contributed by atoms with E-state index in [-0.39, 0.29) is 5.57 Å². The molecular weight excluding hydrogens is 186 g/mol. The van der Waals surface area contributed by atoms with E-state index in [0.29, 0.717) is 0 Å². The molecule has 6 heteroatoms. The number of hydrogen-bond donors (Lipinski definition) is 2. The standard InChI is InChI=1S/C8H13N3O3/c1-10-8(14-3)11-5-6(4-9)7(12)13-2/h5,8,10-11H,1-3H3/b6-5-. The lowest BCUT2D eigenvalue weighted by atomic mass is 10.3. The van der Waals surface area contributed by atoms with Gasteiger partial charge in [-0.25, -0.2) is 4.79 Å². The Labute approximate surface area is 82.5 Å². The molecule has 0 aromatic carbocycles. The van der Waals surface area contributed by atoms with Crippen LogP contribution in [0.15, 0.2) is 11.8 Å². The third-order valence-electron chi connectivity index (χ3n) is 1.40. The lowest BCUT2D eigenvalue weighted by Gasteiger charge is -2.13. The Bertz CT molecular complexity index is 253. The number of esters is 1. The summed E-state index contributed by atoms with van der Waals surface area (Å²) < 4.78 is 9.25. The van der Waals surface area contributed by atoms with Crippen molar-refractivity contribution in [2.45, 2.75) is 6.35 Å². The summed E-state index contributed by atoms with van der Waals surface area (Å²) in [5.41, 5.74) is -0.121. The fourth-order valence-corrected chi connectivity index (χ4v) is 0.675. The molecule has 0 saturated heterocycles. The minimum atomic E-state index is -0.689. The molecule has 0 heterocycles. The molecule has 6 nitrogen and oxygen atoms in total. The monoisotopic (exact) mass is 199 g/mol. The van der Waals surface area contributed by atoms with Crippen LogP contribution < -0.4 is 10.6 Å². The van der Waals surface area contributed by atoms with Crippen molar-refractivity contribution in [3.8, 4) is 6.07 Å². The van der Waals surface area contributed by atoms with Crippen molar-refractivity contribution in [2.24, 2.45) is 0 Å². The zero-order valence-corrected chi connectivity index (χ0v) is 8.33. The topological polar surface area (TPSA) is 83.4 Å². The molecule has 0 saturated carbocycles. The first-order valence-electron chi connectivity index (χ1n) is 3.84. The van der Waals surface area contributed by atoms with Crippen LogP contribution in [0.5, 0.6) is 0 Å². The van der Waals surface area contributed by atoms with Gasteiger partial charge < -0.3 is 14.8 Å². The molecule has 1 atom stereocenters. The summed E-state index contributed by atoms with van der Waals surface area (Å²) in [6.45, 7) is 0. The first-order valence-corrected chi connectivity index (χ1v) is 3.84. The van der Waals surface area contributed by atoms with Gasteiger partial charge in [-0.2, -0.15) is 5.26 Å². The number of nitrogens with zero attached hydrogens (tertiary/aromatic N) is 1. The number of methoxy groups -OCH3 is 2. The Hall–Kier alpha value is -1.58. The van der Waals surface area contributed by atoms with E-state index in [2.05, 4.69) is 15.4 Å². The van der Waals surface area contributed by atoms with Crippen molar-refractivity contribution < 1.29 is 14.3 Å². The highest BCUT2D eigenvalue weighted by Crippen LogP contribution is 1.93. The summed E-state index contributed by atoms with van der Waals surface area (Å²) in [6, 6.07) is 1.70. The van der Waals surface area contributed by atoms with Crippen molar-refractivity contribution >= 4 is 5.97 Å². The molecule has 0 aromatic heterocycles. The van der Waals surface area contributed by atoms with Crippen LogP contribution >= 0.6 is 0 Å². The summed E-state index contributed by atoms with van der Waals surface area (Å²) in [5, 5.41) is 14.0. The highest BCUT2D eigenvalue weighted by Gasteiger charge is 2.08. The van der Waals surface area contributed by atoms with Crippen LogP contribution in [0.1, 0.15) is 0 Å². The van der Waals surface area contributed by atoms with Gasteiger partial charge in [0.05, 0.1) is 7.11 Å². The van der Waals surface area contributed by atoms with Crippen molar-refractivity contribution in [3.05, 3.63) is 11.8 Å². The molecule has 0 radical (unpaired) electrons. The van der Waals surface area contributed by atoms with Gasteiger partial charge in [-0.05, 0) is 7.05 Å². The van der Waals surface area contributed by atoms with Crippen LogP contribution in [-0.2, 0) is 14.3 Å². The maximum absolute atomic E-state index is 10.9. The van der Waals surface area contributed by atoms with E-state index in [1.165, 1.54) is 20.4 Å². The average molecular weight is 199 g/mol. The van der Waals surface area contributed by atoms with Crippen molar-refractivity contribution in [1.82, 2.24) is 10.6 Å². The van der Waals surface area contributed by atoms with Gasteiger partial charge in [0.2, 0.25) is 0 Å². The predicted octanol–water partition coefficient (Wildman–Crippen LogP) is -0.694. The highest BCUT2D eigenvalue weighted by atomic mass is 16.5. The molecule has 1 unspecified atom stereocenters. The number of ether oxygens (including phenoxy) is 2. The number of hydrogen-bond acceptors (Lipinski definition) is 6. The SMILES string of the molecule is CNC(N/C=C(/C#N)C(=O)OC)OC. The lowest BCUT2D eigenvalue weighted by molar-refractivity contribution is -0.135. The predicted molar refractivity (Wildman–Crippen MR) is 48.7 cm³/mol. The average Bonchev–Trinajstić information content (AvgIpc) is 2.24. The normalized spacial score (nSPS) is 12.9. The summed E-state index contributed by atoms with van der Waals surface area (Å²) >= 11 is 0. The van der Waals surface area contributed by atoms with Crippen LogP contribution in [0, 0.1) is 11.3 Å².